The summed E-state index contributed by atoms with van der Waals surface area (Å²) in [6, 6.07) is 23.1. The number of benzene rings is 3. The van der Waals surface area contributed by atoms with E-state index in [4.69, 9.17) is 21.1 Å². The van der Waals surface area contributed by atoms with E-state index < -0.39 is 0 Å². The Morgan fingerprint density at radius 2 is 1.62 bits per heavy atom. The first-order valence-electron chi connectivity index (χ1n) is 10.7. The number of nitrogens with zero attached hydrogens (tertiary/aromatic N) is 2. The van der Waals surface area contributed by atoms with Crippen molar-refractivity contribution in [3.8, 4) is 11.5 Å². The number of para-hydroxylation sites is 2. The average Bonchev–Trinajstić information content (AvgIpc) is 2.84. The highest BCUT2D eigenvalue weighted by molar-refractivity contribution is 6.31. The second-order valence-corrected chi connectivity index (χ2v) is 8.21. The van der Waals surface area contributed by atoms with Crippen LogP contribution in [-0.2, 0) is 13.2 Å². The number of amides is 1. The molecule has 0 unspecified atom stereocenters. The topological polar surface area (TPSA) is 42.0 Å². The molecule has 0 N–H and O–H groups in total. The molecule has 0 bridgehead atoms. The lowest BCUT2D eigenvalue weighted by molar-refractivity contribution is 0.0628. The SMILES string of the molecule is COc1ccccc1OCc1cccc(C(=O)N2CCN(Cc3ccccc3Cl)CC2)c1. The number of ether oxygens (including phenoxy) is 2. The number of piperazine rings is 1. The molecule has 3 aromatic carbocycles. The van der Waals surface area contributed by atoms with Gasteiger partial charge in [-0.1, -0.05) is 54.1 Å². The van der Waals surface area contributed by atoms with Gasteiger partial charge in [0.25, 0.3) is 5.91 Å². The lowest BCUT2D eigenvalue weighted by atomic mass is 10.1. The second kappa shape index (κ2) is 10.5. The summed E-state index contributed by atoms with van der Waals surface area (Å²) in [6.07, 6.45) is 0. The third-order valence-corrected chi connectivity index (χ3v) is 6.02. The van der Waals surface area contributed by atoms with Gasteiger partial charge in [0.1, 0.15) is 6.61 Å². The van der Waals surface area contributed by atoms with Gasteiger partial charge in [-0.05, 0) is 41.5 Å². The molecule has 5 nitrogen and oxygen atoms in total. The van der Waals surface area contributed by atoms with Gasteiger partial charge in [0, 0.05) is 43.3 Å². The molecule has 1 fully saturated rings. The van der Waals surface area contributed by atoms with Crippen LogP contribution in [0, 0.1) is 0 Å². The normalized spacial score (nSPS) is 14.2. The van der Waals surface area contributed by atoms with E-state index >= 15 is 0 Å². The highest BCUT2D eigenvalue weighted by atomic mass is 35.5. The maximum Gasteiger partial charge on any atom is 0.253 e. The van der Waals surface area contributed by atoms with Crippen LogP contribution < -0.4 is 9.47 Å². The van der Waals surface area contributed by atoms with Crippen molar-refractivity contribution < 1.29 is 14.3 Å². The molecular weight excluding hydrogens is 424 g/mol. The minimum atomic E-state index is 0.0570. The molecule has 166 valence electrons. The Labute approximate surface area is 194 Å². The van der Waals surface area contributed by atoms with Gasteiger partial charge in [-0.15, -0.1) is 0 Å². The molecular formula is C26H27ClN2O3. The maximum atomic E-state index is 13.1. The van der Waals surface area contributed by atoms with Gasteiger partial charge in [0.2, 0.25) is 0 Å². The van der Waals surface area contributed by atoms with Crippen molar-refractivity contribution in [1.82, 2.24) is 9.80 Å². The van der Waals surface area contributed by atoms with Crippen LogP contribution in [0.3, 0.4) is 0 Å². The Morgan fingerprint density at radius 3 is 2.38 bits per heavy atom. The molecule has 32 heavy (non-hydrogen) atoms. The van der Waals surface area contributed by atoms with Crippen LogP contribution in [0.4, 0.5) is 0 Å². The van der Waals surface area contributed by atoms with Crippen molar-refractivity contribution >= 4 is 17.5 Å². The van der Waals surface area contributed by atoms with Crippen LogP contribution in [0.25, 0.3) is 0 Å². The van der Waals surface area contributed by atoms with Crippen molar-refractivity contribution in [3.63, 3.8) is 0 Å². The standard InChI is InChI=1S/C26H27ClN2O3/c1-31-24-11-4-5-12-25(24)32-19-20-7-6-9-21(17-20)26(30)29-15-13-28(14-16-29)18-22-8-2-3-10-23(22)27/h2-12,17H,13-16,18-19H2,1H3. The third kappa shape index (κ3) is 5.42. The summed E-state index contributed by atoms with van der Waals surface area (Å²) in [6.45, 7) is 4.22. The number of halogens is 1. The predicted molar refractivity (Wildman–Crippen MR) is 126 cm³/mol. The van der Waals surface area contributed by atoms with Crippen molar-refractivity contribution in [3.05, 3.63) is 94.5 Å². The molecule has 0 aromatic heterocycles. The van der Waals surface area contributed by atoms with Crippen LogP contribution in [-0.4, -0.2) is 49.0 Å². The van der Waals surface area contributed by atoms with Gasteiger partial charge in [-0.2, -0.15) is 0 Å². The smallest absolute Gasteiger partial charge is 0.253 e. The summed E-state index contributed by atoms with van der Waals surface area (Å²) in [5, 5.41) is 0.790. The van der Waals surface area contributed by atoms with Crippen LogP contribution in [0.2, 0.25) is 5.02 Å². The Morgan fingerprint density at radius 1 is 0.906 bits per heavy atom. The summed E-state index contributed by atoms with van der Waals surface area (Å²) in [5.41, 5.74) is 2.75. The van der Waals surface area contributed by atoms with Gasteiger partial charge in [0.05, 0.1) is 7.11 Å². The van der Waals surface area contributed by atoms with Gasteiger partial charge in [-0.3, -0.25) is 9.69 Å². The van der Waals surface area contributed by atoms with E-state index in [-0.39, 0.29) is 5.91 Å². The van der Waals surface area contributed by atoms with Gasteiger partial charge in [0.15, 0.2) is 11.5 Å². The molecule has 0 radical (unpaired) electrons. The second-order valence-electron chi connectivity index (χ2n) is 7.80. The first-order valence-corrected chi connectivity index (χ1v) is 11.1. The fraction of sp³-hybridized carbons (Fsp3) is 0.269. The molecule has 1 saturated heterocycles. The highest BCUT2D eigenvalue weighted by Gasteiger charge is 2.22. The molecule has 1 aliphatic rings. The Kier molecular flexibility index (Phi) is 7.30. The summed E-state index contributed by atoms with van der Waals surface area (Å²) in [7, 11) is 1.62. The zero-order valence-electron chi connectivity index (χ0n) is 18.2. The summed E-state index contributed by atoms with van der Waals surface area (Å²) in [4.78, 5) is 17.3. The minimum absolute atomic E-state index is 0.0570. The Balaban J connectivity index is 1.33. The summed E-state index contributed by atoms with van der Waals surface area (Å²) in [5.74, 6) is 1.43. The lowest BCUT2D eigenvalue weighted by Crippen LogP contribution is -2.48. The number of methoxy groups -OCH3 is 1. The van der Waals surface area contributed by atoms with Crippen molar-refractivity contribution in [2.75, 3.05) is 33.3 Å². The fourth-order valence-corrected chi connectivity index (χ4v) is 4.05. The van der Waals surface area contributed by atoms with Crippen molar-refractivity contribution in [2.45, 2.75) is 13.2 Å². The zero-order chi connectivity index (χ0) is 22.3. The molecule has 0 saturated carbocycles. The largest absolute Gasteiger partial charge is 0.493 e. The predicted octanol–water partition coefficient (Wildman–Crippen LogP) is 4.89. The molecule has 1 aliphatic heterocycles. The van der Waals surface area contributed by atoms with E-state index in [1.807, 2.05) is 71.6 Å². The Bertz CT molecular complexity index is 1060. The van der Waals surface area contributed by atoms with Crippen LogP contribution >= 0.6 is 11.6 Å². The highest BCUT2D eigenvalue weighted by Crippen LogP contribution is 2.27. The number of carbonyl (C=O) groups excluding carboxylic acids is 1. The first kappa shape index (κ1) is 22.2. The van der Waals surface area contributed by atoms with Crippen molar-refractivity contribution in [1.29, 1.82) is 0 Å². The maximum absolute atomic E-state index is 13.1. The average molecular weight is 451 g/mol. The third-order valence-electron chi connectivity index (χ3n) is 5.65. The molecule has 3 aromatic rings. The van der Waals surface area contributed by atoms with E-state index in [1.54, 1.807) is 7.11 Å². The van der Waals surface area contributed by atoms with E-state index in [0.717, 1.165) is 35.8 Å². The van der Waals surface area contributed by atoms with Crippen LogP contribution in [0.1, 0.15) is 21.5 Å². The molecule has 1 amide bonds. The fourth-order valence-electron chi connectivity index (χ4n) is 3.85. The minimum Gasteiger partial charge on any atom is -0.493 e. The molecule has 4 rings (SSSR count). The molecule has 6 heteroatoms. The van der Waals surface area contributed by atoms with Crippen LogP contribution in [0.15, 0.2) is 72.8 Å². The Hall–Kier alpha value is -3.02. The van der Waals surface area contributed by atoms with Gasteiger partial charge >= 0.3 is 0 Å². The first-order chi connectivity index (χ1) is 15.6. The van der Waals surface area contributed by atoms with E-state index in [9.17, 15) is 4.79 Å². The monoisotopic (exact) mass is 450 g/mol. The van der Waals surface area contributed by atoms with E-state index in [0.29, 0.717) is 36.8 Å². The number of carbonyl (C=O) groups is 1. The van der Waals surface area contributed by atoms with Crippen LogP contribution in [0.5, 0.6) is 11.5 Å². The quantitative estimate of drug-likeness (QED) is 0.514. The van der Waals surface area contributed by atoms with E-state index in [1.165, 1.54) is 0 Å². The van der Waals surface area contributed by atoms with Gasteiger partial charge < -0.3 is 14.4 Å². The van der Waals surface area contributed by atoms with Gasteiger partial charge in [-0.25, -0.2) is 0 Å². The van der Waals surface area contributed by atoms with Crippen molar-refractivity contribution in [2.24, 2.45) is 0 Å². The molecule has 1 heterocycles. The zero-order valence-corrected chi connectivity index (χ0v) is 18.9. The van der Waals surface area contributed by atoms with E-state index in [2.05, 4.69) is 11.0 Å². The molecule has 0 atom stereocenters. The summed E-state index contributed by atoms with van der Waals surface area (Å²) < 4.78 is 11.2. The number of hydrogen-bond donors (Lipinski definition) is 0. The summed E-state index contributed by atoms with van der Waals surface area (Å²) >= 11 is 6.29. The molecule has 0 aliphatic carbocycles. The number of hydrogen-bond acceptors (Lipinski definition) is 4. The number of rotatable bonds is 7. The lowest BCUT2D eigenvalue weighted by Gasteiger charge is -2.35. The molecule has 0 spiro atoms.